The first-order valence-electron chi connectivity index (χ1n) is 2.63. The van der Waals surface area contributed by atoms with E-state index in [0.29, 0.717) is 12.5 Å². The van der Waals surface area contributed by atoms with Crippen LogP contribution in [0.4, 0.5) is 4.79 Å². The minimum Gasteiger partial charge on any atom is -0.431 e. The highest BCUT2D eigenvalue weighted by Gasteiger charge is 2.22. The van der Waals surface area contributed by atoms with Crippen LogP contribution in [0.1, 0.15) is 12.8 Å². The molecule has 0 heterocycles. The van der Waals surface area contributed by atoms with Gasteiger partial charge in [0.2, 0.25) is 0 Å². The molecule has 8 heavy (non-hydrogen) atoms. The Hall–Kier alpha value is -0.730. The fourth-order valence-electron chi connectivity index (χ4n) is 0.470. The fourth-order valence-corrected chi connectivity index (χ4v) is 0.470. The third-order valence-electron chi connectivity index (χ3n) is 1.13. The summed E-state index contributed by atoms with van der Waals surface area (Å²) in [5, 5.41) is 9.60. The number of hydrogen-bond acceptors (Lipinski definition) is 2. The number of carbonyl (C=O) groups is 1. The molecule has 0 aromatic heterocycles. The predicted molar refractivity (Wildman–Crippen MR) is 24.8 cm³/mol. The Morgan fingerprint density at radius 2 is 2.25 bits per heavy atom. The molecule has 0 aliphatic heterocycles. The molecule has 1 aliphatic carbocycles. The lowest BCUT2D eigenvalue weighted by Gasteiger charge is -1.91. The van der Waals surface area contributed by atoms with Crippen molar-refractivity contribution in [2.75, 3.05) is 6.61 Å². The first kappa shape index (κ1) is 5.41. The van der Waals surface area contributed by atoms with E-state index in [1.807, 2.05) is 0 Å². The summed E-state index contributed by atoms with van der Waals surface area (Å²) in [5.74, 6) is 0.493. The summed E-state index contributed by atoms with van der Waals surface area (Å²) in [6.07, 6.45) is 0.803. The van der Waals surface area contributed by atoms with E-state index in [2.05, 4.69) is 4.74 Å². The number of rotatable bonds is 2. The Morgan fingerprint density at radius 1 is 1.62 bits per heavy atom. The molecule has 0 saturated heterocycles. The Bertz CT molecular complexity index is 95.8. The van der Waals surface area contributed by atoms with Gasteiger partial charge < -0.3 is 4.74 Å². The van der Waals surface area contributed by atoms with Gasteiger partial charge in [-0.05, 0) is 18.8 Å². The molecule has 0 bridgehead atoms. The maximum atomic E-state index is 9.60. The van der Waals surface area contributed by atoms with Crippen molar-refractivity contribution < 1.29 is 14.6 Å². The second-order valence-corrected chi connectivity index (χ2v) is 2.00. The average Bonchev–Trinajstić information content (AvgIpc) is 2.41. The Kier molecular flexibility index (Phi) is 1.37. The molecule has 0 atom stereocenters. The maximum Gasteiger partial charge on any atom is 0.550 e. The normalized spacial score (nSPS) is 18.0. The molecular weight excluding hydrogens is 108 g/mol. The van der Waals surface area contributed by atoms with Crippen LogP contribution in [-0.4, -0.2) is 12.8 Å². The van der Waals surface area contributed by atoms with E-state index in [1.165, 1.54) is 0 Å². The van der Waals surface area contributed by atoms with Crippen LogP contribution in [0.25, 0.3) is 0 Å². The zero-order valence-corrected chi connectivity index (χ0v) is 4.42. The zero-order chi connectivity index (χ0) is 5.98. The molecule has 0 spiro atoms. The van der Waals surface area contributed by atoms with Crippen molar-refractivity contribution in [3.8, 4) is 0 Å². The molecule has 45 valence electrons. The molecular formula is C5H7O3. The molecule has 0 unspecified atom stereocenters. The lowest BCUT2D eigenvalue weighted by molar-refractivity contribution is 0.0642. The van der Waals surface area contributed by atoms with Gasteiger partial charge in [-0.2, -0.15) is 9.90 Å². The Morgan fingerprint density at radius 3 is 2.62 bits per heavy atom. The summed E-state index contributed by atoms with van der Waals surface area (Å²) in [5.41, 5.74) is 0. The third-order valence-corrected chi connectivity index (χ3v) is 1.13. The van der Waals surface area contributed by atoms with Gasteiger partial charge in [0.05, 0.1) is 6.61 Å². The molecule has 0 aromatic rings. The van der Waals surface area contributed by atoms with Gasteiger partial charge in [0, 0.05) is 0 Å². The van der Waals surface area contributed by atoms with Crippen LogP contribution >= 0.6 is 0 Å². The average molecular weight is 115 g/mol. The molecule has 1 rings (SSSR count). The summed E-state index contributed by atoms with van der Waals surface area (Å²) >= 11 is 0. The summed E-state index contributed by atoms with van der Waals surface area (Å²) in [6, 6.07) is 0. The zero-order valence-electron chi connectivity index (χ0n) is 4.42. The minimum absolute atomic E-state index is 0.336. The van der Waals surface area contributed by atoms with Crippen LogP contribution in [0.2, 0.25) is 0 Å². The van der Waals surface area contributed by atoms with Gasteiger partial charge in [-0.25, -0.2) is 0 Å². The van der Waals surface area contributed by atoms with Gasteiger partial charge >= 0.3 is 6.16 Å². The number of hydrogen-bond donors (Lipinski definition) is 0. The standard InChI is InChI=1S/C5H7O3/c6-5(7)8-3-4-1-2-4/h4H,1-3H2. The van der Waals surface area contributed by atoms with Crippen molar-refractivity contribution in [2.45, 2.75) is 12.8 Å². The number of carbonyl (C=O) groups excluding carboxylic acids is 1. The molecule has 3 heteroatoms. The highest BCUT2D eigenvalue weighted by molar-refractivity contribution is 5.56. The van der Waals surface area contributed by atoms with Gasteiger partial charge in [-0.15, -0.1) is 0 Å². The first-order valence-corrected chi connectivity index (χ1v) is 2.63. The van der Waals surface area contributed by atoms with Gasteiger partial charge in [-0.3, -0.25) is 0 Å². The molecule has 3 nitrogen and oxygen atoms in total. The van der Waals surface area contributed by atoms with Crippen molar-refractivity contribution in [3.05, 3.63) is 0 Å². The highest BCUT2D eigenvalue weighted by Crippen LogP contribution is 2.28. The molecule has 0 N–H and O–H groups in total. The van der Waals surface area contributed by atoms with Crippen LogP contribution in [0.5, 0.6) is 0 Å². The van der Waals surface area contributed by atoms with E-state index in [-0.39, 0.29) is 0 Å². The van der Waals surface area contributed by atoms with E-state index in [9.17, 15) is 9.90 Å². The van der Waals surface area contributed by atoms with E-state index >= 15 is 0 Å². The lowest BCUT2D eigenvalue weighted by Crippen LogP contribution is -2.00. The van der Waals surface area contributed by atoms with Crippen LogP contribution < -0.4 is 0 Å². The summed E-state index contributed by atoms with van der Waals surface area (Å²) in [7, 11) is 0. The fraction of sp³-hybridized carbons (Fsp3) is 0.800. The SMILES string of the molecule is [O]C(=O)OCC1CC1. The van der Waals surface area contributed by atoms with Crippen molar-refractivity contribution in [3.63, 3.8) is 0 Å². The molecule has 1 saturated carbocycles. The minimum atomic E-state index is -1.41. The van der Waals surface area contributed by atoms with Gasteiger partial charge in [0.15, 0.2) is 0 Å². The van der Waals surface area contributed by atoms with E-state index in [4.69, 9.17) is 0 Å². The van der Waals surface area contributed by atoms with E-state index < -0.39 is 6.16 Å². The highest BCUT2D eigenvalue weighted by atomic mass is 16.7. The summed E-state index contributed by atoms with van der Waals surface area (Å²) < 4.78 is 4.17. The van der Waals surface area contributed by atoms with Crippen LogP contribution in [0.15, 0.2) is 0 Å². The monoisotopic (exact) mass is 115 g/mol. The van der Waals surface area contributed by atoms with Crippen LogP contribution in [0, 0.1) is 5.92 Å². The van der Waals surface area contributed by atoms with Gasteiger partial charge in [0.25, 0.3) is 0 Å². The second-order valence-electron chi connectivity index (χ2n) is 2.00. The molecule has 0 aromatic carbocycles. The van der Waals surface area contributed by atoms with Crippen molar-refractivity contribution >= 4 is 6.16 Å². The third kappa shape index (κ3) is 1.82. The summed E-state index contributed by atoms with van der Waals surface area (Å²) in [4.78, 5) is 9.60. The smallest absolute Gasteiger partial charge is 0.431 e. The quantitative estimate of drug-likeness (QED) is 0.503. The lowest BCUT2D eigenvalue weighted by atomic mass is 10.5. The predicted octanol–water partition coefficient (Wildman–Crippen LogP) is 0.964. The van der Waals surface area contributed by atoms with Gasteiger partial charge in [0.1, 0.15) is 0 Å². The van der Waals surface area contributed by atoms with E-state index in [0.717, 1.165) is 12.8 Å². The van der Waals surface area contributed by atoms with Gasteiger partial charge in [-0.1, -0.05) is 0 Å². The Labute approximate surface area is 47.3 Å². The molecule has 0 amide bonds. The Balaban J connectivity index is 1.95. The second kappa shape index (κ2) is 2.03. The van der Waals surface area contributed by atoms with Crippen molar-refractivity contribution in [1.29, 1.82) is 0 Å². The topological polar surface area (TPSA) is 46.2 Å². The first-order chi connectivity index (χ1) is 3.79. The maximum absolute atomic E-state index is 9.60. The van der Waals surface area contributed by atoms with Crippen LogP contribution in [0.3, 0.4) is 0 Å². The van der Waals surface area contributed by atoms with E-state index in [1.54, 1.807) is 0 Å². The number of ether oxygens (including phenoxy) is 1. The largest absolute Gasteiger partial charge is 0.550 e. The molecule has 1 fully saturated rings. The van der Waals surface area contributed by atoms with Crippen molar-refractivity contribution in [2.24, 2.45) is 5.92 Å². The van der Waals surface area contributed by atoms with Crippen LogP contribution in [-0.2, 0) is 9.84 Å². The molecule has 1 radical (unpaired) electrons. The van der Waals surface area contributed by atoms with Crippen molar-refractivity contribution in [1.82, 2.24) is 0 Å². The molecule has 1 aliphatic rings. The summed E-state index contributed by atoms with van der Waals surface area (Å²) in [6.45, 7) is 0.336.